The molecule has 1 amide bonds. The number of likely N-dealkylation sites (tertiary alicyclic amines) is 1. The summed E-state index contributed by atoms with van der Waals surface area (Å²) in [5.74, 6) is -0.110. The van der Waals surface area contributed by atoms with Crippen LogP contribution in [0.15, 0.2) is 24.3 Å². The third-order valence-electron chi connectivity index (χ3n) is 3.80. The van der Waals surface area contributed by atoms with Gasteiger partial charge < -0.3 is 16.4 Å². The zero-order chi connectivity index (χ0) is 13.7. The minimum atomic E-state index is -0.152. The molecule has 4 N–H and O–H groups in total. The minimum absolute atomic E-state index is 0.0427. The Bertz CT molecular complexity index is 433. The van der Waals surface area contributed by atoms with Gasteiger partial charge in [-0.05, 0) is 56.5 Å². The molecule has 1 aliphatic heterocycles. The summed E-state index contributed by atoms with van der Waals surface area (Å²) < 4.78 is 0. The SMILES string of the molecule is NC(=O)C1CCCN(CCCc2cccc(N)c2)C1. The lowest BCUT2D eigenvalue weighted by Gasteiger charge is -2.31. The molecule has 19 heavy (non-hydrogen) atoms. The van der Waals surface area contributed by atoms with E-state index in [1.807, 2.05) is 18.2 Å². The number of hydrogen-bond acceptors (Lipinski definition) is 3. The Hall–Kier alpha value is -1.55. The first-order valence-corrected chi connectivity index (χ1v) is 7.01. The molecule has 4 nitrogen and oxygen atoms in total. The van der Waals surface area contributed by atoms with Crippen molar-refractivity contribution in [2.45, 2.75) is 25.7 Å². The number of carbonyl (C=O) groups is 1. The number of piperidine rings is 1. The van der Waals surface area contributed by atoms with Gasteiger partial charge in [-0.3, -0.25) is 4.79 Å². The van der Waals surface area contributed by atoms with E-state index in [4.69, 9.17) is 11.5 Å². The smallest absolute Gasteiger partial charge is 0.221 e. The average Bonchev–Trinajstić information content (AvgIpc) is 2.39. The molecular formula is C15H23N3O. The van der Waals surface area contributed by atoms with E-state index in [0.717, 1.165) is 51.0 Å². The molecule has 0 bridgehead atoms. The Kier molecular flexibility index (Phi) is 4.80. The van der Waals surface area contributed by atoms with Crippen molar-refractivity contribution in [1.29, 1.82) is 0 Å². The molecule has 1 atom stereocenters. The first-order chi connectivity index (χ1) is 9.15. The summed E-state index contributed by atoms with van der Waals surface area (Å²) in [6, 6.07) is 8.04. The maximum absolute atomic E-state index is 11.2. The van der Waals surface area contributed by atoms with E-state index < -0.39 is 0 Å². The van der Waals surface area contributed by atoms with Crippen LogP contribution in [0.4, 0.5) is 5.69 Å². The van der Waals surface area contributed by atoms with Crippen molar-refractivity contribution in [2.75, 3.05) is 25.4 Å². The molecule has 0 saturated carbocycles. The predicted molar refractivity (Wildman–Crippen MR) is 77.5 cm³/mol. The Morgan fingerprint density at radius 2 is 2.26 bits per heavy atom. The van der Waals surface area contributed by atoms with Crippen molar-refractivity contribution < 1.29 is 4.79 Å². The Morgan fingerprint density at radius 3 is 3.00 bits per heavy atom. The number of primary amides is 1. The molecule has 1 heterocycles. The maximum Gasteiger partial charge on any atom is 0.221 e. The number of aryl methyl sites for hydroxylation is 1. The Balaban J connectivity index is 1.75. The van der Waals surface area contributed by atoms with Gasteiger partial charge >= 0.3 is 0 Å². The summed E-state index contributed by atoms with van der Waals surface area (Å²) in [5.41, 5.74) is 13.3. The molecule has 104 valence electrons. The fraction of sp³-hybridized carbons (Fsp3) is 0.533. The van der Waals surface area contributed by atoms with Crippen LogP contribution in [0.3, 0.4) is 0 Å². The van der Waals surface area contributed by atoms with Crippen LogP contribution in [0, 0.1) is 5.92 Å². The van der Waals surface area contributed by atoms with Gasteiger partial charge in [0.05, 0.1) is 5.92 Å². The van der Waals surface area contributed by atoms with Crippen LogP contribution in [0.1, 0.15) is 24.8 Å². The van der Waals surface area contributed by atoms with E-state index >= 15 is 0 Å². The highest BCUT2D eigenvalue weighted by Crippen LogP contribution is 2.17. The summed E-state index contributed by atoms with van der Waals surface area (Å²) in [6.07, 6.45) is 4.14. The molecule has 4 heteroatoms. The third kappa shape index (κ3) is 4.24. The number of nitrogens with zero attached hydrogens (tertiary/aromatic N) is 1. The van der Waals surface area contributed by atoms with Crippen LogP contribution >= 0.6 is 0 Å². The molecule has 0 spiro atoms. The zero-order valence-corrected chi connectivity index (χ0v) is 11.3. The van der Waals surface area contributed by atoms with Crippen LogP contribution in [-0.4, -0.2) is 30.4 Å². The van der Waals surface area contributed by atoms with Crippen LogP contribution in [0.5, 0.6) is 0 Å². The van der Waals surface area contributed by atoms with Crippen molar-refractivity contribution in [1.82, 2.24) is 4.90 Å². The molecule has 0 radical (unpaired) electrons. The first kappa shape index (κ1) is 13.9. The molecule has 1 fully saturated rings. The summed E-state index contributed by atoms with van der Waals surface area (Å²) in [5, 5.41) is 0. The fourth-order valence-corrected chi connectivity index (χ4v) is 2.75. The topological polar surface area (TPSA) is 72.4 Å². The fourth-order valence-electron chi connectivity index (χ4n) is 2.75. The number of hydrogen-bond donors (Lipinski definition) is 2. The molecule has 1 aliphatic rings. The lowest BCUT2D eigenvalue weighted by molar-refractivity contribution is -0.123. The van der Waals surface area contributed by atoms with Crippen molar-refractivity contribution in [3.63, 3.8) is 0 Å². The molecule has 0 aliphatic carbocycles. The quantitative estimate of drug-likeness (QED) is 0.787. The lowest BCUT2D eigenvalue weighted by atomic mass is 9.97. The van der Waals surface area contributed by atoms with Gasteiger partial charge in [-0.15, -0.1) is 0 Å². The van der Waals surface area contributed by atoms with E-state index in [1.54, 1.807) is 0 Å². The van der Waals surface area contributed by atoms with Gasteiger partial charge in [0, 0.05) is 12.2 Å². The van der Waals surface area contributed by atoms with Crippen LogP contribution in [0.2, 0.25) is 0 Å². The lowest BCUT2D eigenvalue weighted by Crippen LogP contribution is -2.41. The number of rotatable bonds is 5. The maximum atomic E-state index is 11.2. The standard InChI is InChI=1S/C15H23N3O/c16-14-7-1-4-12(10-14)5-2-8-18-9-3-6-13(11-18)15(17)19/h1,4,7,10,13H,2-3,5-6,8-9,11,16H2,(H2,17,19). The minimum Gasteiger partial charge on any atom is -0.399 e. The van der Waals surface area contributed by atoms with Crippen molar-refractivity contribution >= 4 is 11.6 Å². The highest BCUT2D eigenvalue weighted by Gasteiger charge is 2.23. The van der Waals surface area contributed by atoms with Gasteiger partial charge in [-0.2, -0.15) is 0 Å². The third-order valence-corrected chi connectivity index (χ3v) is 3.80. The normalized spacial score (nSPS) is 20.3. The van der Waals surface area contributed by atoms with E-state index in [2.05, 4.69) is 11.0 Å². The monoisotopic (exact) mass is 261 g/mol. The highest BCUT2D eigenvalue weighted by atomic mass is 16.1. The second kappa shape index (κ2) is 6.57. The number of benzene rings is 1. The second-order valence-corrected chi connectivity index (χ2v) is 5.39. The summed E-state index contributed by atoms with van der Waals surface area (Å²) >= 11 is 0. The van der Waals surface area contributed by atoms with Crippen LogP contribution < -0.4 is 11.5 Å². The Morgan fingerprint density at radius 1 is 1.42 bits per heavy atom. The molecule has 1 aromatic carbocycles. The first-order valence-electron chi connectivity index (χ1n) is 7.01. The summed E-state index contributed by atoms with van der Waals surface area (Å²) in [6.45, 7) is 2.94. The highest BCUT2D eigenvalue weighted by molar-refractivity contribution is 5.76. The predicted octanol–water partition coefficient (Wildman–Crippen LogP) is 1.40. The van der Waals surface area contributed by atoms with E-state index in [1.165, 1.54) is 5.56 Å². The number of amides is 1. The molecule has 1 unspecified atom stereocenters. The molecule has 2 rings (SSSR count). The summed E-state index contributed by atoms with van der Waals surface area (Å²) in [7, 11) is 0. The van der Waals surface area contributed by atoms with Gasteiger partial charge in [0.1, 0.15) is 0 Å². The number of nitrogens with two attached hydrogens (primary N) is 2. The molecule has 1 aromatic rings. The number of anilines is 1. The molecular weight excluding hydrogens is 238 g/mol. The van der Waals surface area contributed by atoms with Crippen molar-refractivity contribution in [3.05, 3.63) is 29.8 Å². The van der Waals surface area contributed by atoms with E-state index in [-0.39, 0.29) is 11.8 Å². The van der Waals surface area contributed by atoms with Gasteiger partial charge in [-0.25, -0.2) is 0 Å². The molecule has 0 aromatic heterocycles. The Labute approximate surface area is 114 Å². The van der Waals surface area contributed by atoms with Crippen molar-refractivity contribution in [2.24, 2.45) is 11.7 Å². The van der Waals surface area contributed by atoms with Gasteiger partial charge in [0.2, 0.25) is 5.91 Å². The summed E-state index contributed by atoms with van der Waals surface area (Å²) in [4.78, 5) is 13.6. The number of nitrogen functional groups attached to an aromatic ring is 1. The van der Waals surface area contributed by atoms with Gasteiger partial charge in [-0.1, -0.05) is 12.1 Å². The largest absolute Gasteiger partial charge is 0.399 e. The van der Waals surface area contributed by atoms with E-state index in [9.17, 15) is 4.79 Å². The van der Waals surface area contributed by atoms with E-state index in [0.29, 0.717) is 0 Å². The van der Waals surface area contributed by atoms with Gasteiger partial charge in [0.15, 0.2) is 0 Å². The average molecular weight is 261 g/mol. The van der Waals surface area contributed by atoms with Gasteiger partial charge in [0.25, 0.3) is 0 Å². The second-order valence-electron chi connectivity index (χ2n) is 5.39. The van der Waals surface area contributed by atoms with Crippen LogP contribution in [-0.2, 0) is 11.2 Å². The van der Waals surface area contributed by atoms with Crippen molar-refractivity contribution in [3.8, 4) is 0 Å². The number of carbonyl (C=O) groups excluding carboxylic acids is 1. The zero-order valence-electron chi connectivity index (χ0n) is 11.3. The van der Waals surface area contributed by atoms with Crippen LogP contribution in [0.25, 0.3) is 0 Å². The molecule has 1 saturated heterocycles.